The Kier molecular flexibility index (Phi) is 5.17. The molecule has 2 atom stereocenters. The first kappa shape index (κ1) is 21.0. The number of hydrogen-bond acceptors (Lipinski definition) is 6. The van der Waals surface area contributed by atoms with E-state index in [2.05, 4.69) is 16.8 Å². The summed E-state index contributed by atoms with van der Waals surface area (Å²) in [6.07, 6.45) is 5.95. The molecule has 6 rings (SSSR count). The van der Waals surface area contributed by atoms with Crippen LogP contribution in [0.15, 0.2) is 48.7 Å². The number of fused-ring (bicyclic) bond motifs is 2. The number of para-hydroxylation sites is 1. The van der Waals surface area contributed by atoms with Gasteiger partial charge in [0, 0.05) is 48.9 Å². The third-order valence-electron chi connectivity index (χ3n) is 7.07. The van der Waals surface area contributed by atoms with Gasteiger partial charge in [-0.2, -0.15) is 5.10 Å². The number of anilines is 1. The molecule has 0 spiro atoms. The predicted molar refractivity (Wildman–Crippen MR) is 132 cm³/mol. The second-order valence-electron chi connectivity index (χ2n) is 9.51. The maximum atomic E-state index is 13.5. The molecule has 0 aliphatic carbocycles. The van der Waals surface area contributed by atoms with Gasteiger partial charge in [0.2, 0.25) is 0 Å². The molecular formula is C26H29N7O. The van der Waals surface area contributed by atoms with Crippen LogP contribution in [-0.4, -0.2) is 56.1 Å². The number of carbonyl (C=O) groups is 1. The van der Waals surface area contributed by atoms with Crippen LogP contribution >= 0.6 is 0 Å². The second kappa shape index (κ2) is 8.36. The van der Waals surface area contributed by atoms with Crippen molar-refractivity contribution in [2.75, 3.05) is 24.5 Å². The van der Waals surface area contributed by atoms with E-state index in [4.69, 9.17) is 15.8 Å². The monoisotopic (exact) mass is 455 g/mol. The number of carbonyl (C=O) groups excluding carboxylic acids is 1. The van der Waals surface area contributed by atoms with Crippen molar-refractivity contribution in [3.8, 4) is 0 Å². The lowest BCUT2D eigenvalue weighted by Gasteiger charge is -2.34. The lowest BCUT2D eigenvalue weighted by Crippen LogP contribution is -2.39. The summed E-state index contributed by atoms with van der Waals surface area (Å²) in [5.41, 5.74) is 10.2. The van der Waals surface area contributed by atoms with Crippen LogP contribution < -0.4 is 10.6 Å². The number of pyridine rings is 1. The normalized spacial score (nSPS) is 21.0. The lowest BCUT2D eigenvalue weighted by atomic mass is 9.98. The van der Waals surface area contributed by atoms with E-state index in [0.717, 1.165) is 72.4 Å². The maximum absolute atomic E-state index is 13.5. The first-order chi connectivity index (χ1) is 16.6. The molecule has 8 nitrogen and oxygen atoms in total. The van der Waals surface area contributed by atoms with E-state index in [9.17, 15) is 4.79 Å². The number of rotatable bonds is 3. The van der Waals surface area contributed by atoms with Crippen molar-refractivity contribution >= 4 is 28.3 Å². The molecule has 3 aromatic heterocycles. The number of likely N-dealkylation sites (tertiary alicyclic amines) is 1. The number of benzene rings is 1. The molecule has 2 unspecified atom stereocenters. The Morgan fingerprint density at radius 1 is 1.06 bits per heavy atom. The smallest absolute Gasteiger partial charge is 0.273 e. The molecule has 2 fully saturated rings. The van der Waals surface area contributed by atoms with E-state index in [1.54, 1.807) is 0 Å². The highest BCUT2D eigenvalue weighted by Gasteiger charge is 2.32. The van der Waals surface area contributed by atoms with Crippen molar-refractivity contribution in [1.29, 1.82) is 0 Å². The average molecular weight is 456 g/mol. The fourth-order valence-electron chi connectivity index (χ4n) is 5.30. The van der Waals surface area contributed by atoms with Crippen LogP contribution in [0.3, 0.4) is 0 Å². The van der Waals surface area contributed by atoms with E-state index in [1.165, 1.54) is 0 Å². The van der Waals surface area contributed by atoms with Crippen LogP contribution in [0.1, 0.15) is 53.5 Å². The first-order valence-corrected chi connectivity index (χ1v) is 12.1. The van der Waals surface area contributed by atoms with Crippen LogP contribution in [0.25, 0.3) is 16.6 Å². The highest BCUT2D eigenvalue weighted by molar-refractivity contribution is 5.95. The average Bonchev–Trinajstić information content (AvgIpc) is 3.48. The zero-order valence-corrected chi connectivity index (χ0v) is 19.4. The van der Waals surface area contributed by atoms with Gasteiger partial charge < -0.3 is 15.5 Å². The largest absolute Gasteiger partial charge is 0.355 e. The minimum atomic E-state index is -0.0832. The quantitative estimate of drug-likeness (QED) is 0.508. The van der Waals surface area contributed by atoms with Gasteiger partial charge >= 0.3 is 0 Å². The van der Waals surface area contributed by atoms with Gasteiger partial charge in [-0.05, 0) is 44.7 Å². The summed E-state index contributed by atoms with van der Waals surface area (Å²) >= 11 is 0. The molecule has 2 saturated heterocycles. The van der Waals surface area contributed by atoms with Crippen molar-refractivity contribution < 1.29 is 4.79 Å². The SMILES string of the molecule is Cc1cn2nc(C3CCCCN3C(=O)c3ccc4ccccc4n3)cc2nc1N1CCC(N)C1. The molecule has 34 heavy (non-hydrogen) atoms. The van der Waals surface area contributed by atoms with E-state index in [-0.39, 0.29) is 18.0 Å². The number of piperidine rings is 1. The minimum absolute atomic E-state index is 0.0385. The van der Waals surface area contributed by atoms with Crippen LogP contribution in [0.5, 0.6) is 0 Å². The molecule has 1 amide bonds. The molecule has 2 aliphatic heterocycles. The Labute approximate surface area is 198 Å². The van der Waals surface area contributed by atoms with Crippen LogP contribution in [-0.2, 0) is 0 Å². The van der Waals surface area contributed by atoms with E-state index in [0.29, 0.717) is 12.2 Å². The van der Waals surface area contributed by atoms with Crippen LogP contribution in [0.2, 0.25) is 0 Å². The summed E-state index contributed by atoms with van der Waals surface area (Å²) in [6.45, 7) is 4.52. The highest BCUT2D eigenvalue weighted by Crippen LogP contribution is 2.32. The van der Waals surface area contributed by atoms with Gasteiger partial charge in [0.15, 0.2) is 5.65 Å². The van der Waals surface area contributed by atoms with Crippen molar-refractivity contribution in [2.24, 2.45) is 5.73 Å². The molecule has 0 bridgehead atoms. The van der Waals surface area contributed by atoms with Crippen LogP contribution in [0, 0.1) is 6.92 Å². The van der Waals surface area contributed by atoms with Gasteiger partial charge in [-0.15, -0.1) is 0 Å². The second-order valence-corrected chi connectivity index (χ2v) is 9.51. The molecule has 8 heteroatoms. The first-order valence-electron chi connectivity index (χ1n) is 12.1. The lowest BCUT2D eigenvalue weighted by molar-refractivity contribution is 0.0600. The maximum Gasteiger partial charge on any atom is 0.273 e. The predicted octanol–water partition coefficient (Wildman–Crippen LogP) is 3.49. The summed E-state index contributed by atoms with van der Waals surface area (Å²) in [4.78, 5) is 27.3. The summed E-state index contributed by atoms with van der Waals surface area (Å²) in [5.74, 6) is 0.937. The zero-order valence-electron chi connectivity index (χ0n) is 19.4. The van der Waals surface area contributed by atoms with Gasteiger partial charge in [0.1, 0.15) is 11.5 Å². The highest BCUT2D eigenvalue weighted by atomic mass is 16.2. The van der Waals surface area contributed by atoms with Gasteiger partial charge in [-0.3, -0.25) is 4.79 Å². The minimum Gasteiger partial charge on any atom is -0.355 e. The fourth-order valence-corrected chi connectivity index (χ4v) is 5.30. The molecular weight excluding hydrogens is 426 g/mol. The standard InChI is InChI=1S/C26H29N7O/c1-17-15-33-24(29-25(17)31-13-11-19(27)16-31)14-22(30-33)23-8-4-5-12-32(23)26(34)21-10-9-18-6-2-3-7-20(18)28-21/h2-3,6-7,9-10,14-15,19,23H,4-5,8,11-13,16,27H2,1H3. The zero-order chi connectivity index (χ0) is 23.2. The molecule has 5 heterocycles. The summed E-state index contributed by atoms with van der Waals surface area (Å²) < 4.78 is 1.84. The number of nitrogens with zero attached hydrogens (tertiary/aromatic N) is 6. The molecule has 2 N–H and O–H groups in total. The summed E-state index contributed by atoms with van der Waals surface area (Å²) in [6, 6.07) is 13.8. The van der Waals surface area contributed by atoms with E-state index < -0.39 is 0 Å². The fraction of sp³-hybridized carbons (Fsp3) is 0.385. The van der Waals surface area contributed by atoms with Crippen molar-refractivity contribution in [3.63, 3.8) is 0 Å². The topological polar surface area (TPSA) is 92.6 Å². The molecule has 1 aromatic carbocycles. The Bertz CT molecular complexity index is 1380. The van der Waals surface area contributed by atoms with Gasteiger partial charge in [0.25, 0.3) is 5.91 Å². The van der Waals surface area contributed by atoms with Gasteiger partial charge in [-0.1, -0.05) is 24.3 Å². The Hall–Kier alpha value is -3.52. The Morgan fingerprint density at radius 2 is 1.94 bits per heavy atom. The molecule has 0 saturated carbocycles. The number of amides is 1. The molecule has 0 radical (unpaired) electrons. The third-order valence-corrected chi connectivity index (χ3v) is 7.07. The van der Waals surface area contributed by atoms with Gasteiger partial charge in [0.05, 0.1) is 17.3 Å². The van der Waals surface area contributed by atoms with E-state index in [1.807, 2.05) is 58.1 Å². The third kappa shape index (κ3) is 3.68. The number of aryl methyl sites for hydroxylation is 1. The summed E-state index contributed by atoms with van der Waals surface area (Å²) in [7, 11) is 0. The van der Waals surface area contributed by atoms with Crippen molar-refractivity contribution in [3.05, 3.63) is 65.6 Å². The van der Waals surface area contributed by atoms with Gasteiger partial charge in [-0.25, -0.2) is 14.5 Å². The number of nitrogens with two attached hydrogens (primary N) is 1. The van der Waals surface area contributed by atoms with E-state index >= 15 is 0 Å². The Balaban J connectivity index is 1.33. The Morgan fingerprint density at radius 3 is 2.79 bits per heavy atom. The molecule has 2 aliphatic rings. The van der Waals surface area contributed by atoms with Crippen molar-refractivity contribution in [1.82, 2.24) is 24.5 Å². The van der Waals surface area contributed by atoms with Crippen molar-refractivity contribution in [2.45, 2.75) is 44.7 Å². The summed E-state index contributed by atoms with van der Waals surface area (Å²) in [5, 5.41) is 5.89. The van der Waals surface area contributed by atoms with Crippen LogP contribution in [0.4, 0.5) is 5.82 Å². The molecule has 4 aromatic rings. The molecule has 174 valence electrons. The number of aromatic nitrogens is 4. The number of hydrogen-bond donors (Lipinski definition) is 1.